The summed E-state index contributed by atoms with van der Waals surface area (Å²) in [5.41, 5.74) is 8.97. The zero-order valence-electron chi connectivity index (χ0n) is 31.8. The molecule has 0 fully saturated rings. The Morgan fingerprint density at radius 2 is 0.800 bits per heavy atom. The van der Waals surface area contributed by atoms with Crippen molar-refractivity contribution in [2.45, 2.75) is 6.18 Å². The summed E-state index contributed by atoms with van der Waals surface area (Å²) in [6.07, 6.45) is -4.48. The van der Waals surface area contributed by atoms with Crippen LogP contribution in [0.1, 0.15) is 5.56 Å². The van der Waals surface area contributed by atoms with Crippen LogP contribution in [0.25, 0.3) is 100 Å². The molecule has 0 aliphatic heterocycles. The van der Waals surface area contributed by atoms with Crippen molar-refractivity contribution in [1.82, 2.24) is 24.1 Å². The molecule has 0 saturated carbocycles. The highest BCUT2D eigenvalue weighted by Crippen LogP contribution is 2.42. The van der Waals surface area contributed by atoms with Crippen molar-refractivity contribution in [1.29, 1.82) is 0 Å². The summed E-state index contributed by atoms with van der Waals surface area (Å²) in [4.78, 5) is 14.8. The van der Waals surface area contributed by atoms with Crippen LogP contribution in [0.3, 0.4) is 0 Å². The number of fused-ring (bicyclic) bond motifs is 6. The van der Waals surface area contributed by atoms with E-state index in [1.165, 1.54) is 0 Å². The molecule has 11 rings (SSSR count). The highest BCUT2D eigenvalue weighted by molar-refractivity contribution is 6.19. The third kappa shape index (κ3) is 5.91. The van der Waals surface area contributed by atoms with Crippen LogP contribution < -0.4 is 0 Å². The van der Waals surface area contributed by atoms with E-state index in [2.05, 4.69) is 81.9 Å². The SMILES string of the molecule is FC(F)(F)c1ccc(-c2cc(-c3nc(-c4ccccc4)nc(-c4ccccc4)n3)ccc2-n2c3ccccc3c3cc4c(cc32)c2ccccc2n4-c2ccccc2)cc1. The Morgan fingerprint density at radius 3 is 1.35 bits per heavy atom. The van der Waals surface area contributed by atoms with Crippen LogP contribution in [0.2, 0.25) is 0 Å². The largest absolute Gasteiger partial charge is 0.416 e. The van der Waals surface area contributed by atoms with Gasteiger partial charge in [0.2, 0.25) is 0 Å². The second kappa shape index (κ2) is 13.9. The molecule has 0 bridgehead atoms. The van der Waals surface area contributed by atoms with E-state index in [0.29, 0.717) is 28.6 Å². The van der Waals surface area contributed by atoms with E-state index in [1.54, 1.807) is 12.1 Å². The molecule has 0 aliphatic rings. The van der Waals surface area contributed by atoms with Gasteiger partial charge in [-0.2, -0.15) is 13.2 Å². The molecule has 8 aromatic carbocycles. The lowest BCUT2D eigenvalue weighted by Crippen LogP contribution is -2.04. The monoisotopic (exact) mass is 783 g/mol. The number of hydrogen-bond acceptors (Lipinski definition) is 3. The van der Waals surface area contributed by atoms with Gasteiger partial charge in [0.25, 0.3) is 0 Å². The van der Waals surface area contributed by atoms with Gasteiger partial charge in [-0.1, -0.05) is 127 Å². The molecule has 60 heavy (non-hydrogen) atoms. The smallest absolute Gasteiger partial charge is 0.309 e. The van der Waals surface area contributed by atoms with Crippen molar-refractivity contribution in [2.24, 2.45) is 0 Å². The molecule has 0 spiro atoms. The number of halogens is 3. The van der Waals surface area contributed by atoms with E-state index >= 15 is 0 Å². The van der Waals surface area contributed by atoms with Gasteiger partial charge in [-0.25, -0.2) is 15.0 Å². The maximum Gasteiger partial charge on any atom is 0.416 e. The minimum Gasteiger partial charge on any atom is -0.309 e. The topological polar surface area (TPSA) is 48.5 Å². The minimum atomic E-state index is -4.48. The molecular formula is C52H32F3N5. The van der Waals surface area contributed by atoms with Gasteiger partial charge in [-0.3, -0.25) is 0 Å². The van der Waals surface area contributed by atoms with Gasteiger partial charge >= 0.3 is 6.18 Å². The zero-order valence-corrected chi connectivity index (χ0v) is 31.8. The molecular weight excluding hydrogens is 752 g/mol. The summed E-state index contributed by atoms with van der Waals surface area (Å²) in [7, 11) is 0. The molecule has 0 unspecified atom stereocenters. The Balaban J connectivity index is 1.19. The van der Waals surface area contributed by atoms with Crippen molar-refractivity contribution in [3.05, 3.63) is 200 Å². The maximum absolute atomic E-state index is 13.9. The van der Waals surface area contributed by atoms with Crippen molar-refractivity contribution in [3.63, 3.8) is 0 Å². The molecule has 8 heteroatoms. The lowest BCUT2D eigenvalue weighted by atomic mass is 9.98. The van der Waals surface area contributed by atoms with Gasteiger partial charge in [-0.05, 0) is 72.3 Å². The number of alkyl halides is 3. The Bertz CT molecular complexity index is 3330. The molecule has 11 aromatic rings. The predicted molar refractivity (Wildman–Crippen MR) is 235 cm³/mol. The molecule has 5 nitrogen and oxygen atoms in total. The molecule has 0 atom stereocenters. The Hall–Kier alpha value is -7.84. The molecule has 3 heterocycles. The van der Waals surface area contributed by atoms with Gasteiger partial charge in [0.1, 0.15) is 0 Å². The third-order valence-electron chi connectivity index (χ3n) is 11.2. The van der Waals surface area contributed by atoms with E-state index in [0.717, 1.165) is 83.8 Å². The van der Waals surface area contributed by atoms with Crippen LogP contribution in [0, 0.1) is 0 Å². The van der Waals surface area contributed by atoms with Crippen molar-refractivity contribution in [3.8, 4) is 56.7 Å². The van der Waals surface area contributed by atoms with Crippen LogP contribution in [0.4, 0.5) is 13.2 Å². The first-order valence-electron chi connectivity index (χ1n) is 19.6. The van der Waals surface area contributed by atoms with Crippen molar-refractivity contribution in [2.75, 3.05) is 0 Å². The van der Waals surface area contributed by atoms with Crippen LogP contribution >= 0.6 is 0 Å². The van der Waals surface area contributed by atoms with Gasteiger partial charge < -0.3 is 9.13 Å². The third-order valence-corrected chi connectivity index (χ3v) is 11.2. The fourth-order valence-corrected chi connectivity index (χ4v) is 8.42. The van der Waals surface area contributed by atoms with Crippen molar-refractivity contribution >= 4 is 43.6 Å². The van der Waals surface area contributed by atoms with Gasteiger partial charge in [0.05, 0.1) is 33.3 Å². The second-order valence-electron chi connectivity index (χ2n) is 14.8. The van der Waals surface area contributed by atoms with E-state index in [-0.39, 0.29) is 0 Å². The minimum absolute atomic E-state index is 0.445. The molecule has 0 radical (unpaired) electrons. The van der Waals surface area contributed by atoms with E-state index in [9.17, 15) is 13.2 Å². The first kappa shape index (κ1) is 35.3. The lowest BCUT2D eigenvalue weighted by Gasteiger charge is -2.17. The quantitative estimate of drug-likeness (QED) is 0.169. The normalized spacial score (nSPS) is 11.9. The Labute approximate surface area is 342 Å². The molecule has 0 saturated heterocycles. The summed E-state index contributed by atoms with van der Waals surface area (Å²) in [5, 5.41) is 4.31. The highest BCUT2D eigenvalue weighted by Gasteiger charge is 2.30. The first-order valence-corrected chi connectivity index (χ1v) is 19.6. The summed E-state index contributed by atoms with van der Waals surface area (Å²) < 4.78 is 46.3. The molecule has 286 valence electrons. The van der Waals surface area contributed by atoms with Crippen LogP contribution in [0.5, 0.6) is 0 Å². The number of rotatable bonds is 6. The number of hydrogen-bond donors (Lipinski definition) is 0. The number of aromatic nitrogens is 5. The number of benzene rings is 8. The van der Waals surface area contributed by atoms with Gasteiger partial charge in [0, 0.05) is 49.5 Å². The molecule has 0 N–H and O–H groups in total. The van der Waals surface area contributed by atoms with E-state index < -0.39 is 11.7 Å². The first-order chi connectivity index (χ1) is 29.4. The average molecular weight is 784 g/mol. The molecule has 0 aliphatic carbocycles. The Kier molecular flexibility index (Phi) is 8.20. The molecule has 0 amide bonds. The van der Waals surface area contributed by atoms with Crippen LogP contribution in [0.15, 0.2) is 194 Å². The van der Waals surface area contributed by atoms with Crippen molar-refractivity contribution < 1.29 is 13.2 Å². The predicted octanol–water partition coefficient (Wildman–Crippen LogP) is 13.8. The van der Waals surface area contributed by atoms with Crippen LogP contribution in [-0.2, 0) is 6.18 Å². The fraction of sp³-hybridized carbons (Fsp3) is 0.0192. The summed E-state index contributed by atoms with van der Waals surface area (Å²) in [6.45, 7) is 0. The Morgan fingerprint density at radius 1 is 0.350 bits per heavy atom. The van der Waals surface area contributed by atoms with Gasteiger partial charge in [-0.15, -0.1) is 0 Å². The number of nitrogens with zero attached hydrogens (tertiary/aromatic N) is 5. The van der Waals surface area contributed by atoms with E-state index in [4.69, 9.17) is 15.0 Å². The standard InChI is InChI=1S/C52H32F3N5/c53-52(54,55)37-27-24-33(25-28-37)41-30-36(51-57-49(34-14-4-1-5-15-34)56-50(58-51)35-16-6-2-7-17-35)26-29-46(41)60-45-23-13-11-21-40(45)43-31-47-42(32-48(43)60)39-20-10-12-22-44(39)59(47)38-18-8-3-9-19-38/h1-32H. The maximum atomic E-state index is 13.9. The van der Waals surface area contributed by atoms with Gasteiger partial charge in [0.15, 0.2) is 17.5 Å². The van der Waals surface area contributed by atoms with Crippen LogP contribution in [-0.4, -0.2) is 24.1 Å². The van der Waals surface area contributed by atoms with E-state index in [1.807, 2.05) is 97.1 Å². The summed E-state index contributed by atoms with van der Waals surface area (Å²) >= 11 is 0. The lowest BCUT2D eigenvalue weighted by molar-refractivity contribution is -0.137. The summed E-state index contributed by atoms with van der Waals surface area (Å²) in [5.74, 6) is 1.47. The number of para-hydroxylation sites is 3. The molecule has 3 aromatic heterocycles. The second-order valence-corrected chi connectivity index (χ2v) is 14.8. The highest BCUT2D eigenvalue weighted by atomic mass is 19.4. The average Bonchev–Trinajstić information content (AvgIpc) is 3.80. The summed E-state index contributed by atoms with van der Waals surface area (Å²) in [6, 6.07) is 62.5. The zero-order chi connectivity index (χ0) is 40.4. The fourth-order valence-electron chi connectivity index (χ4n) is 8.42.